The van der Waals surface area contributed by atoms with Crippen LogP contribution in [0.4, 0.5) is 5.69 Å². The zero-order chi connectivity index (χ0) is 21.0. The number of rotatable bonds is 5. The number of aryl methyl sites for hydroxylation is 1. The summed E-state index contributed by atoms with van der Waals surface area (Å²) in [7, 11) is 5.47. The first-order valence-electron chi connectivity index (χ1n) is 10.4. The average Bonchev–Trinajstić information content (AvgIpc) is 3.34. The van der Waals surface area contributed by atoms with Gasteiger partial charge in [0.1, 0.15) is 6.54 Å². The van der Waals surface area contributed by atoms with Crippen molar-refractivity contribution in [1.29, 1.82) is 0 Å². The molecule has 0 atom stereocenters. The number of carbonyl (C=O) groups is 2. The first-order valence-corrected chi connectivity index (χ1v) is 10.4. The van der Waals surface area contributed by atoms with Crippen LogP contribution in [-0.2, 0) is 16.6 Å². The summed E-state index contributed by atoms with van der Waals surface area (Å²) in [6, 6.07) is 0. The van der Waals surface area contributed by atoms with Crippen LogP contribution in [-0.4, -0.2) is 84.2 Å². The van der Waals surface area contributed by atoms with E-state index in [0.29, 0.717) is 32.1 Å². The van der Waals surface area contributed by atoms with Crippen LogP contribution < -0.4 is 10.2 Å². The highest BCUT2D eigenvalue weighted by molar-refractivity contribution is 14.0. The Labute approximate surface area is 195 Å². The van der Waals surface area contributed by atoms with Gasteiger partial charge in [0.25, 0.3) is 0 Å². The molecular weight excluding hydrogens is 497 g/mol. The molecule has 1 saturated carbocycles. The molecule has 168 valence electrons. The molecule has 0 spiro atoms. The molecule has 0 bridgehead atoms. The highest BCUT2D eigenvalue weighted by Crippen LogP contribution is 2.39. The number of aliphatic imine (C=N–C) groups is 1. The number of piperazine rings is 1. The largest absolute Gasteiger partial charge is 0.357 e. The topological polar surface area (TPSA) is 86.1 Å². The second-order valence-electron chi connectivity index (χ2n) is 8.20. The summed E-state index contributed by atoms with van der Waals surface area (Å²) < 4.78 is 1.70. The van der Waals surface area contributed by atoms with Crippen LogP contribution in [0.2, 0.25) is 0 Å². The first kappa shape index (κ1) is 24.4. The van der Waals surface area contributed by atoms with Crippen molar-refractivity contribution in [1.82, 2.24) is 24.9 Å². The van der Waals surface area contributed by atoms with Gasteiger partial charge in [0.2, 0.25) is 11.8 Å². The van der Waals surface area contributed by atoms with Crippen LogP contribution in [0.1, 0.15) is 32.6 Å². The number of carbonyl (C=O) groups excluding carboxylic acids is 2. The number of anilines is 1. The summed E-state index contributed by atoms with van der Waals surface area (Å²) in [4.78, 5) is 35.8. The Morgan fingerprint density at radius 2 is 2.00 bits per heavy atom. The van der Waals surface area contributed by atoms with Gasteiger partial charge in [-0.2, -0.15) is 5.10 Å². The molecule has 1 aliphatic heterocycles. The van der Waals surface area contributed by atoms with Gasteiger partial charge < -0.3 is 20.0 Å². The predicted octanol–water partition coefficient (Wildman–Crippen LogP) is 1.30. The van der Waals surface area contributed by atoms with E-state index in [-0.39, 0.29) is 42.3 Å². The predicted molar refractivity (Wildman–Crippen MR) is 128 cm³/mol. The van der Waals surface area contributed by atoms with Gasteiger partial charge >= 0.3 is 0 Å². The van der Waals surface area contributed by atoms with Gasteiger partial charge in [-0.1, -0.05) is 12.8 Å². The summed E-state index contributed by atoms with van der Waals surface area (Å²) in [6.45, 7) is 4.71. The Balaban J connectivity index is 0.00000320. The molecule has 0 unspecified atom stereocenters. The Hall–Kier alpha value is -1.85. The smallest absolute Gasteiger partial charge is 0.246 e. The molecule has 1 aromatic heterocycles. The molecule has 0 radical (unpaired) electrons. The molecule has 1 aliphatic carbocycles. The minimum absolute atomic E-state index is 0. The van der Waals surface area contributed by atoms with Crippen molar-refractivity contribution in [3.8, 4) is 0 Å². The lowest BCUT2D eigenvalue weighted by molar-refractivity contribution is -0.138. The molecule has 3 rings (SSSR count). The second kappa shape index (κ2) is 10.5. The fourth-order valence-electron chi connectivity index (χ4n) is 4.29. The molecule has 1 saturated heterocycles. The molecular formula is C20H34IN7O2. The Bertz CT molecular complexity index is 771. The van der Waals surface area contributed by atoms with Gasteiger partial charge in [0, 0.05) is 47.0 Å². The lowest BCUT2D eigenvalue weighted by Gasteiger charge is -2.36. The molecule has 1 aromatic rings. The SMILES string of the molecule is CCNC(=NCC1(C(=O)N(C)C)CCCC1)N1CCN(c2cnn(C)c2)C(=O)C1.I. The normalized spacial score (nSPS) is 18.9. The molecule has 0 aromatic carbocycles. The second-order valence-corrected chi connectivity index (χ2v) is 8.20. The molecule has 30 heavy (non-hydrogen) atoms. The van der Waals surface area contributed by atoms with E-state index in [4.69, 9.17) is 4.99 Å². The van der Waals surface area contributed by atoms with E-state index in [0.717, 1.165) is 31.4 Å². The van der Waals surface area contributed by atoms with Crippen molar-refractivity contribution >= 4 is 47.4 Å². The molecule has 2 fully saturated rings. The summed E-state index contributed by atoms with van der Waals surface area (Å²) in [6.07, 6.45) is 7.44. The standard InChI is InChI=1S/C20H33N7O2.HI/c1-5-21-19(22-15-20(8-6-7-9-20)18(29)24(2)3)26-10-11-27(17(28)14-26)16-12-23-25(4)13-16;/h12-13H,5-11,14-15H2,1-4H3,(H,21,22);1H. The summed E-state index contributed by atoms with van der Waals surface area (Å²) >= 11 is 0. The van der Waals surface area contributed by atoms with E-state index in [2.05, 4.69) is 10.4 Å². The Morgan fingerprint density at radius 1 is 1.30 bits per heavy atom. The van der Waals surface area contributed by atoms with Gasteiger partial charge in [-0.05, 0) is 19.8 Å². The molecule has 9 nitrogen and oxygen atoms in total. The van der Waals surface area contributed by atoms with Crippen molar-refractivity contribution in [2.24, 2.45) is 17.5 Å². The maximum absolute atomic E-state index is 12.8. The van der Waals surface area contributed by atoms with E-state index >= 15 is 0 Å². The van der Waals surface area contributed by atoms with Gasteiger partial charge in [-0.25, -0.2) is 0 Å². The average molecular weight is 531 g/mol. The zero-order valence-electron chi connectivity index (χ0n) is 18.4. The number of amides is 2. The highest BCUT2D eigenvalue weighted by Gasteiger charge is 2.42. The number of nitrogens with one attached hydrogen (secondary N) is 1. The summed E-state index contributed by atoms with van der Waals surface area (Å²) in [5, 5.41) is 7.46. The van der Waals surface area contributed by atoms with E-state index in [9.17, 15) is 9.59 Å². The van der Waals surface area contributed by atoms with Gasteiger partial charge in [0.15, 0.2) is 5.96 Å². The van der Waals surface area contributed by atoms with E-state index < -0.39 is 5.41 Å². The van der Waals surface area contributed by atoms with Crippen molar-refractivity contribution in [3.63, 3.8) is 0 Å². The summed E-state index contributed by atoms with van der Waals surface area (Å²) in [5.74, 6) is 0.895. The molecule has 2 aliphatic rings. The molecule has 1 N–H and O–H groups in total. The van der Waals surface area contributed by atoms with E-state index in [1.54, 1.807) is 20.7 Å². The van der Waals surface area contributed by atoms with Crippen LogP contribution in [0, 0.1) is 5.41 Å². The molecule has 10 heteroatoms. The van der Waals surface area contributed by atoms with Crippen molar-refractivity contribution in [2.75, 3.05) is 51.7 Å². The zero-order valence-corrected chi connectivity index (χ0v) is 20.8. The van der Waals surface area contributed by atoms with E-state index in [1.807, 2.05) is 39.2 Å². The third-order valence-corrected chi connectivity index (χ3v) is 5.81. The van der Waals surface area contributed by atoms with Crippen molar-refractivity contribution < 1.29 is 9.59 Å². The van der Waals surface area contributed by atoms with Crippen LogP contribution in [0.15, 0.2) is 17.4 Å². The number of hydrogen-bond acceptors (Lipinski definition) is 4. The number of aromatic nitrogens is 2. The number of hydrogen-bond donors (Lipinski definition) is 1. The van der Waals surface area contributed by atoms with Gasteiger partial charge in [0.05, 0.1) is 23.8 Å². The van der Waals surface area contributed by atoms with Crippen molar-refractivity contribution in [3.05, 3.63) is 12.4 Å². The molecule has 2 amide bonds. The quantitative estimate of drug-likeness (QED) is 0.352. The Morgan fingerprint density at radius 3 is 2.53 bits per heavy atom. The van der Waals surface area contributed by atoms with Crippen LogP contribution in [0.3, 0.4) is 0 Å². The minimum Gasteiger partial charge on any atom is -0.357 e. The number of guanidine groups is 1. The first-order chi connectivity index (χ1) is 13.9. The van der Waals surface area contributed by atoms with E-state index in [1.165, 1.54) is 0 Å². The molecule has 2 heterocycles. The fraction of sp³-hybridized carbons (Fsp3) is 0.700. The lowest BCUT2D eigenvalue weighted by atomic mass is 9.85. The maximum atomic E-state index is 12.8. The monoisotopic (exact) mass is 531 g/mol. The number of halogens is 1. The van der Waals surface area contributed by atoms with Gasteiger partial charge in [-0.15, -0.1) is 24.0 Å². The fourth-order valence-corrected chi connectivity index (χ4v) is 4.29. The minimum atomic E-state index is -0.411. The lowest BCUT2D eigenvalue weighted by Crippen LogP contribution is -2.55. The van der Waals surface area contributed by atoms with Crippen molar-refractivity contribution in [2.45, 2.75) is 32.6 Å². The van der Waals surface area contributed by atoms with Crippen LogP contribution >= 0.6 is 24.0 Å². The van der Waals surface area contributed by atoms with Crippen LogP contribution in [0.25, 0.3) is 0 Å². The van der Waals surface area contributed by atoms with Gasteiger partial charge in [-0.3, -0.25) is 19.3 Å². The third-order valence-electron chi connectivity index (χ3n) is 5.81. The Kier molecular flexibility index (Phi) is 8.51. The maximum Gasteiger partial charge on any atom is 0.246 e. The highest BCUT2D eigenvalue weighted by atomic mass is 127. The third kappa shape index (κ3) is 5.25. The number of nitrogens with zero attached hydrogens (tertiary/aromatic N) is 6. The summed E-state index contributed by atoms with van der Waals surface area (Å²) in [5.41, 5.74) is 0.409. The van der Waals surface area contributed by atoms with Crippen LogP contribution in [0.5, 0.6) is 0 Å².